The molecule has 1 aliphatic heterocycles. The average molecular weight is 391 g/mol. The van der Waals surface area contributed by atoms with Crippen LogP contribution in [0, 0.1) is 6.92 Å². The summed E-state index contributed by atoms with van der Waals surface area (Å²) in [7, 11) is -3.74. The lowest BCUT2D eigenvalue weighted by Crippen LogP contribution is -2.47. The molecule has 0 aliphatic carbocycles. The van der Waals surface area contributed by atoms with Crippen molar-refractivity contribution < 1.29 is 8.42 Å². The highest BCUT2D eigenvalue weighted by Gasteiger charge is 2.33. The maximum Gasteiger partial charge on any atom is 0.281 e. The Hall–Kier alpha value is -3.05. The zero-order valence-corrected chi connectivity index (χ0v) is 16.5. The van der Waals surface area contributed by atoms with E-state index in [1.54, 1.807) is 17.1 Å². The summed E-state index contributed by atoms with van der Waals surface area (Å²) in [6, 6.07) is 24.5. The van der Waals surface area contributed by atoms with Gasteiger partial charge in [-0.1, -0.05) is 66.2 Å². The lowest BCUT2D eigenvalue weighted by atomic mass is 10.1. The molecule has 0 unspecified atom stereocenters. The number of hydrogen-bond donors (Lipinski definition) is 0. The van der Waals surface area contributed by atoms with Crippen LogP contribution >= 0.6 is 0 Å². The van der Waals surface area contributed by atoms with E-state index in [9.17, 15) is 8.42 Å². The second-order valence-corrected chi connectivity index (χ2v) is 8.60. The minimum atomic E-state index is -3.74. The first kappa shape index (κ1) is 18.3. The summed E-state index contributed by atoms with van der Waals surface area (Å²) in [5, 5.41) is 1.78. The quantitative estimate of drug-likeness (QED) is 0.652. The molecule has 0 spiro atoms. The molecule has 1 aliphatic rings. The summed E-state index contributed by atoms with van der Waals surface area (Å²) in [6.07, 6.45) is 4.57. The van der Waals surface area contributed by atoms with Crippen molar-refractivity contribution in [3.05, 3.63) is 102 Å². The van der Waals surface area contributed by atoms with Gasteiger partial charge in [-0.3, -0.25) is 5.01 Å². The molecule has 0 saturated carbocycles. The molecular formula is C23H22N2O2S. The number of hydrazine groups is 1. The zero-order valence-electron chi connectivity index (χ0n) is 15.7. The Bertz CT molecular complexity index is 1090. The van der Waals surface area contributed by atoms with Crippen molar-refractivity contribution in [3.8, 4) is 0 Å². The number of aryl methyl sites for hydroxylation is 1. The molecule has 28 heavy (non-hydrogen) atoms. The Morgan fingerprint density at radius 3 is 2.29 bits per heavy atom. The molecule has 5 heteroatoms. The molecule has 3 aromatic carbocycles. The summed E-state index contributed by atoms with van der Waals surface area (Å²) >= 11 is 0. The summed E-state index contributed by atoms with van der Waals surface area (Å²) in [4.78, 5) is 0.285. The third kappa shape index (κ3) is 3.53. The SMILES string of the molecule is Cc1ccc(S(=O)(=O)N2c3ccccc3CCN2/C=C/c2ccccc2)cc1. The van der Waals surface area contributed by atoms with Crippen molar-refractivity contribution in [1.82, 2.24) is 5.01 Å². The number of sulfonamides is 1. The van der Waals surface area contributed by atoms with Gasteiger partial charge in [0.1, 0.15) is 0 Å². The maximum absolute atomic E-state index is 13.5. The van der Waals surface area contributed by atoms with Crippen LogP contribution in [0.1, 0.15) is 16.7 Å². The third-order valence-corrected chi connectivity index (χ3v) is 6.56. The van der Waals surface area contributed by atoms with Gasteiger partial charge in [-0.2, -0.15) is 12.8 Å². The largest absolute Gasteiger partial charge is 0.281 e. The van der Waals surface area contributed by atoms with E-state index in [-0.39, 0.29) is 4.90 Å². The van der Waals surface area contributed by atoms with Crippen LogP contribution in [0.25, 0.3) is 6.08 Å². The molecule has 0 fully saturated rings. The van der Waals surface area contributed by atoms with E-state index in [2.05, 4.69) is 0 Å². The van der Waals surface area contributed by atoms with Crippen molar-refractivity contribution in [1.29, 1.82) is 0 Å². The number of anilines is 1. The minimum absolute atomic E-state index is 0.285. The number of para-hydroxylation sites is 1. The van der Waals surface area contributed by atoms with Crippen molar-refractivity contribution >= 4 is 21.8 Å². The molecule has 0 N–H and O–H groups in total. The maximum atomic E-state index is 13.5. The summed E-state index contributed by atoms with van der Waals surface area (Å²) in [5.41, 5.74) is 3.78. The number of benzene rings is 3. The molecule has 3 aromatic rings. The number of hydrogen-bond acceptors (Lipinski definition) is 3. The first-order valence-corrected chi connectivity index (χ1v) is 10.7. The second kappa shape index (κ2) is 7.52. The molecular weight excluding hydrogens is 368 g/mol. The van der Waals surface area contributed by atoms with Crippen LogP contribution in [0.5, 0.6) is 0 Å². The van der Waals surface area contributed by atoms with E-state index in [0.29, 0.717) is 12.2 Å². The fourth-order valence-electron chi connectivity index (χ4n) is 3.32. The van der Waals surface area contributed by atoms with Crippen LogP contribution in [0.15, 0.2) is 90.0 Å². The van der Waals surface area contributed by atoms with Crippen molar-refractivity contribution in [2.45, 2.75) is 18.2 Å². The predicted octanol–water partition coefficient (Wildman–Crippen LogP) is 4.63. The Balaban J connectivity index is 1.78. The fourth-order valence-corrected chi connectivity index (χ4v) is 4.85. The second-order valence-electron chi connectivity index (χ2n) is 6.83. The molecule has 0 bridgehead atoms. The van der Waals surface area contributed by atoms with Gasteiger partial charge >= 0.3 is 0 Å². The Morgan fingerprint density at radius 2 is 1.54 bits per heavy atom. The van der Waals surface area contributed by atoms with E-state index in [4.69, 9.17) is 0 Å². The van der Waals surface area contributed by atoms with Crippen molar-refractivity contribution in [2.75, 3.05) is 11.0 Å². The van der Waals surface area contributed by atoms with Gasteiger partial charge in [0.15, 0.2) is 0 Å². The van der Waals surface area contributed by atoms with E-state index in [1.807, 2.05) is 85.9 Å². The molecule has 0 atom stereocenters. The summed E-state index contributed by atoms with van der Waals surface area (Å²) in [5.74, 6) is 0. The van der Waals surface area contributed by atoms with Gasteiger partial charge in [-0.05, 0) is 48.7 Å². The van der Waals surface area contributed by atoms with Crippen LogP contribution in [-0.4, -0.2) is 20.0 Å². The Morgan fingerprint density at radius 1 is 0.857 bits per heavy atom. The molecule has 0 amide bonds. The number of nitrogens with zero attached hydrogens (tertiary/aromatic N) is 2. The lowest BCUT2D eigenvalue weighted by molar-refractivity contribution is 0.382. The van der Waals surface area contributed by atoms with Gasteiger partial charge < -0.3 is 0 Å². The zero-order chi connectivity index (χ0) is 19.6. The van der Waals surface area contributed by atoms with Crippen molar-refractivity contribution in [2.24, 2.45) is 0 Å². The van der Waals surface area contributed by atoms with Crippen molar-refractivity contribution in [3.63, 3.8) is 0 Å². The first-order valence-electron chi connectivity index (χ1n) is 9.25. The standard InChI is InChI=1S/C23H22N2O2S/c1-19-11-13-22(14-12-19)28(26,27)25-23-10-6-5-9-21(23)16-18-24(25)17-15-20-7-3-2-4-8-20/h2-15,17H,16,18H2,1H3/b17-15+. The fraction of sp³-hybridized carbons (Fsp3) is 0.130. The van der Waals surface area contributed by atoms with Crippen LogP contribution in [0.4, 0.5) is 5.69 Å². The van der Waals surface area contributed by atoms with Gasteiger partial charge in [-0.25, -0.2) is 0 Å². The monoisotopic (exact) mass is 390 g/mol. The highest BCUT2D eigenvalue weighted by atomic mass is 32.2. The number of fused-ring (bicyclic) bond motifs is 1. The van der Waals surface area contributed by atoms with Gasteiger partial charge in [0.05, 0.1) is 10.6 Å². The van der Waals surface area contributed by atoms with Crippen LogP contribution in [-0.2, 0) is 16.4 Å². The molecule has 4 rings (SSSR count). The van der Waals surface area contributed by atoms with Gasteiger partial charge in [-0.15, -0.1) is 0 Å². The van der Waals surface area contributed by atoms with E-state index >= 15 is 0 Å². The molecule has 0 aromatic heterocycles. The summed E-state index contributed by atoms with van der Waals surface area (Å²) < 4.78 is 28.5. The van der Waals surface area contributed by atoms with E-state index in [0.717, 1.165) is 23.1 Å². The Labute approximate surface area is 166 Å². The predicted molar refractivity (Wildman–Crippen MR) is 113 cm³/mol. The third-order valence-electron chi connectivity index (χ3n) is 4.83. The van der Waals surface area contributed by atoms with Crippen LogP contribution in [0.2, 0.25) is 0 Å². The van der Waals surface area contributed by atoms with Gasteiger partial charge in [0, 0.05) is 12.7 Å². The highest BCUT2D eigenvalue weighted by Crippen LogP contribution is 2.33. The molecule has 0 saturated heterocycles. The highest BCUT2D eigenvalue weighted by molar-refractivity contribution is 7.92. The van der Waals surface area contributed by atoms with Gasteiger partial charge in [0.25, 0.3) is 10.0 Å². The number of rotatable bonds is 4. The van der Waals surface area contributed by atoms with E-state index < -0.39 is 10.0 Å². The lowest BCUT2D eigenvalue weighted by Gasteiger charge is -2.39. The Kier molecular flexibility index (Phi) is 4.92. The summed E-state index contributed by atoms with van der Waals surface area (Å²) in [6.45, 7) is 2.53. The normalized spacial score (nSPS) is 14.3. The molecule has 4 nitrogen and oxygen atoms in total. The molecule has 142 valence electrons. The first-order chi connectivity index (χ1) is 13.6. The van der Waals surface area contributed by atoms with Gasteiger partial charge in [0.2, 0.25) is 0 Å². The van der Waals surface area contributed by atoms with Crippen LogP contribution < -0.4 is 4.41 Å². The van der Waals surface area contributed by atoms with Crippen LogP contribution in [0.3, 0.4) is 0 Å². The molecule has 1 heterocycles. The average Bonchev–Trinajstić information content (AvgIpc) is 2.72. The molecule has 0 radical (unpaired) electrons. The smallest absolute Gasteiger partial charge is 0.278 e. The minimum Gasteiger partial charge on any atom is -0.278 e. The topological polar surface area (TPSA) is 40.6 Å². The van der Waals surface area contributed by atoms with E-state index in [1.165, 1.54) is 4.41 Å².